The van der Waals surface area contributed by atoms with E-state index in [1.807, 2.05) is 24.2 Å². The maximum Gasteiger partial charge on any atom is 0.254 e. The SMILES string of the molecule is Cc1cc(C)c2c(C(=O)N3CCCC3C)cc(-c3cnn(C)c3)nc2c1. The summed E-state index contributed by atoms with van der Waals surface area (Å²) in [4.78, 5) is 20.2. The van der Waals surface area contributed by atoms with Crippen molar-refractivity contribution >= 4 is 16.8 Å². The number of amides is 1. The highest BCUT2D eigenvalue weighted by Crippen LogP contribution is 2.30. The van der Waals surface area contributed by atoms with Gasteiger partial charge >= 0.3 is 0 Å². The minimum absolute atomic E-state index is 0.111. The molecule has 1 aromatic carbocycles. The first kappa shape index (κ1) is 16.8. The fraction of sp³-hybridized carbons (Fsp3) is 0.381. The van der Waals surface area contributed by atoms with E-state index in [-0.39, 0.29) is 5.91 Å². The minimum atomic E-state index is 0.111. The fourth-order valence-corrected chi connectivity index (χ4v) is 4.01. The van der Waals surface area contributed by atoms with E-state index in [2.05, 4.69) is 38.0 Å². The van der Waals surface area contributed by atoms with Crippen molar-refractivity contribution in [2.75, 3.05) is 6.54 Å². The van der Waals surface area contributed by atoms with Gasteiger partial charge in [-0.3, -0.25) is 9.48 Å². The number of pyridine rings is 1. The highest BCUT2D eigenvalue weighted by molar-refractivity contribution is 6.08. The number of carbonyl (C=O) groups is 1. The van der Waals surface area contributed by atoms with Crippen molar-refractivity contribution in [2.24, 2.45) is 7.05 Å². The molecule has 3 heterocycles. The second-order valence-corrected chi connectivity index (χ2v) is 7.42. The van der Waals surface area contributed by atoms with E-state index < -0.39 is 0 Å². The van der Waals surface area contributed by atoms with E-state index in [0.29, 0.717) is 6.04 Å². The third kappa shape index (κ3) is 2.77. The average molecular weight is 348 g/mol. The molecule has 1 amide bonds. The minimum Gasteiger partial charge on any atom is -0.336 e. The molecule has 0 N–H and O–H groups in total. The molecule has 1 aliphatic rings. The van der Waals surface area contributed by atoms with Crippen LogP contribution in [-0.4, -0.2) is 38.2 Å². The Kier molecular flexibility index (Phi) is 4.02. The fourth-order valence-electron chi connectivity index (χ4n) is 4.01. The number of fused-ring (bicyclic) bond motifs is 1. The molecule has 3 aromatic rings. The van der Waals surface area contributed by atoms with Crippen LogP contribution in [0.2, 0.25) is 0 Å². The lowest BCUT2D eigenvalue weighted by atomic mass is 9.98. The van der Waals surface area contributed by atoms with Gasteiger partial charge in [0.05, 0.1) is 23.0 Å². The Morgan fingerprint density at radius 3 is 2.69 bits per heavy atom. The van der Waals surface area contributed by atoms with E-state index in [4.69, 9.17) is 4.98 Å². The van der Waals surface area contributed by atoms with Gasteiger partial charge < -0.3 is 4.90 Å². The number of benzene rings is 1. The van der Waals surface area contributed by atoms with Crippen LogP contribution in [0.4, 0.5) is 0 Å². The monoisotopic (exact) mass is 348 g/mol. The van der Waals surface area contributed by atoms with Gasteiger partial charge in [0.2, 0.25) is 0 Å². The zero-order valence-corrected chi connectivity index (χ0v) is 15.8. The largest absolute Gasteiger partial charge is 0.336 e. The Balaban J connectivity index is 1.95. The predicted molar refractivity (Wildman–Crippen MR) is 103 cm³/mol. The van der Waals surface area contributed by atoms with Gasteiger partial charge in [0.15, 0.2) is 0 Å². The average Bonchev–Trinajstić information content (AvgIpc) is 3.21. The van der Waals surface area contributed by atoms with Crippen LogP contribution in [0, 0.1) is 13.8 Å². The number of likely N-dealkylation sites (tertiary alicyclic amines) is 1. The quantitative estimate of drug-likeness (QED) is 0.706. The zero-order chi connectivity index (χ0) is 18.4. The summed E-state index contributed by atoms with van der Waals surface area (Å²) in [5.41, 5.74) is 5.60. The Morgan fingerprint density at radius 1 is 1.23 bits per heavy atom. The van der Waals surface area contributed by atoms with Crippen molar-refractivity contribution in [3.8, 4) is 11.3 Å². The van der Waals surface area contributed by atoms with E-state index in [0.717, 1.165) is 58.2 Å². The summed E-state index contributed by atoms with van der Waals surface area (Å²) in [6.07, 6.45) is 5.87. The second kappa shape index (κ2) is 6.24. The molecule has 134 valence electrons. The van der Waals surface area contributed by atoms with Crippen molar-refractivity contribution in [1.82, 2.24) is 19.7 Å². The van der Waals surface area contributed by atoms with Gasteiger partial charge in [0.25, 0.3) is 5.91 Å². The summed E-state index contributed by atoms with van der Waals surface area (Å²) in [5, 5.41) is 5.22. The van der Waals surface area contributed by atoms with Crippen molar-refractivity contribution in [3.63, 3.8) is 0 Å². The first-order chi connectivity index (χ1) is 12.4. The van der Waals surface area contributed by atoms with E-state index >= 15 is 0 Å². The summed E-state index contributed by atoms with van der Waals surface area (Å²) in [6, 6.07) is 6.41. The molecule has 2 aromatic heterocycles. The Morgan fingerprint density at radius 2 is 2.04 bits per heavy atom. The molecule has 1 aliphatic heterocycles. The van der Waals surface area contributed by atoms with E-state index in [9.17, 15) is 4.79 Å². The van der Waals surface area contributed by atoms with Gasteiger partial charge in [0, 0.05) is 36.8 Å². The molecule has 1 fully saturated rings. The zero-order valence-electron chi connectivity index (χ0n) is 15.8. The van der Waals surface area contributed by atoms with Gasteiger partial charge in [-0.2, -0.15) is 5.10 Å². The van der Waals surface area contributed by atoms with Crippen LogP contribution in [0.25, 0.3) is 22.2 Å². The molecule has 0 bridgehead atoms. The van der Waals surface area contributed by atoms with Crippen molar-refractivity contribution in [3.05, 3.63) is 47.3 Å². The van der Waals surface area contributed by atoms with Crippen LogP contribution in [0.5, 0.6) is 0 Å². The summed E-state index contributed by atoms with van der Waals surface area (Å²) in [5.74, 6) is 0.111. The highest BCUT2D eigenvalue weighted by atomic mass is 16.2. The molecule has 1 atom stereocenters. The number of nitrogens with zero attached hydrogens (tertiary/aromatic N) is 4. The number of hydrogen-bond acceptors (Lipinski definition) is 3. The predicted octanol–water partition coefficient (Wildman–Crippen LogP) is 3.88. The van der Waals surface area contributed by atoms with Crippen molar-refractivity contribution in [2.45, 2.75) is 39.7 Å². The third-order valence-corrected chi connectivity index (χ3v) is 5.30. The molecule has 5 heteroatoms. The van der Waals surface area contributed by atoms with Crippen LogP contribution in [0.1, 0.15) is 41.3 Å². The number of aryl methyl sites for hydroxylation is 3. The van der Waals surface area contributed by atoms with Gasteiger partial charge in [-0.25, -0.2) is 4.98 Å². The Labute approximate surface area is 153 Å². The number of rotatable bonds is 2. The van der Waals surface area contributed by atoms with Crippen molar-refractivity contribution in [1.29, 1.82) is 0 Å². The molecular weight excluding hydrogens is 324 g/mol. The van der Waals surface area contributed by atoms with Crippen LogP contribution >= 0.6 is 0 Å². The molecule has 0 saturated carbocycles. The van der Waals surface area contributed by atoms with Crippen LogP contribution in [0.15, 0.2) is 30.6 Å². The van der Waals surface area contributed by atoms with Crippen LogP contribution < -0.4 is 0 Å². The third-order valence-electron chi connectivity index (χ3n) is 5.30. The summed E-state index contributed by atoms with van der Waals surface area (Å²) in [7, 11) is 1.89. The molecule has 0 spiro atoms. The normalized spacial score (nSPS) is 17.2. The highest BCUT2D eigenvalue weighted by Gasteiger charge is 2.28. The first-order valence-corrected chi connectivity index (χ1v) is 9.16. The summed E-state index contributed by atoms with van der Waals surface area (Å²) in [6.45, 7) is 7.09. The van der Waals surface area contributed by atoms with Gasteiger partial charge in [0.1, 0.15) is 0 Å². The number of aromatic nitrogens is 3. The topological polar surface area (TPSA) is 51.0 Å². The molecule has 4 rings (SSSR count). The number of carbonyl (C=O) groups excluding carboxylic acids is 1. The molecule has 5 nitrogen and oxygen atoms in total. The van der Waals surface area contributed by atoms with E-state index in [1.54, 1.807) is 10.9 Å². The van der Waals surface area contributed by atoms with Crippen LogP contribution in [-0.2, 0) is 7.05 Å². The first-order valence-electron chi connectivity index (χ1n) is 9.16. The summed E-state index contributed by atoms with van der Waals surface area (Å²) < 4.78 is 1.76. The van der Waals surface area contributed by atoms with Crippen molar-refractivity contribution < 1.29 is 4.79 Å². The molecule has 1 unspecified atom stereocenters. The molecule has 0 radical (unpaired) electrons. The second-order valence-electron chi connectivity index (χ2n) is 7.42. The van der Waals surface area contributed by atoms with Crippen LogP contribution in [0.3, 0.4) is 0 Å². The molecule has 26 heavy (non-hydrogen) atoms. The maximum atomic E-state index is 13.4. The van der Waals surface area contributed by atoms with Gasteiger partial charge in [-0.1, -0.05) is 6.07 Å². The lowest BCUT2D eigenvalue weighted by Crippen LogP contribution is -2.33. The standard InChI is InChI=1S/C21H24N4O/c1-13-8-14(2)20-17(21(26)25-7-5-6-15(25)3)10-18(23-19(20)9-13)16-11-22-24(4)12-16/h8-12,15H,5-7H2,1-4H3. The Bertz CT molecular complexity index is 1000. The lowest BCUT2D eigenvalue weighted by molar-refractivity contribution is 0.0749. The smallest absolute Gasteiger partial charge is 0.254 e. The van der Waals surface area contributed by atoms with E-state index in [1.165, 1.54) is 0 Å². The molecular formula is C21H24N4O. The van der Waals surface area contributed by atoms with Gasteiger partial charge in [-0.15, -0.1) is 0 Å². The number of hydrogen-bond donors (Lipinski definition) is 0. The maximum absolute atomic E-state index is 13.4. The Hall–Kier alpha value is -2.69. The van der Waals surface area contributed by atoms with Gasteiger partial charge in [-0.05, 0) is 56.9 Å². The molecule has 1 saturated heterocycles. The summed E-state index contributed by atoms with van der Waals surface area (Å²) >= 11 is 0. The lowest BCUT2D eigenvalue weighted by Gasteiger charge is -2.23. The molecule has 0 aliphatic carbocycles.